The molecule has 0 radical (unpaired) electrons. The number of hydrogen-bond acceptors (Lipinski definition) is 4. The first kappa shape index (κ1) is 13.5. The summed E-state index contributed by atoms with van der Waals surface area (Å²) in [5.74, 6) is -1.18. The summed E-state index contributed by atoms with van der Waals surface area (Å²) in [6.07, 6.45) is -2.04. The van der Waals surface area contributed by atoms with E-state index in [1.54, 1.807) is 38.1 Å². The van der Waals surface area contributed by atoms with Crippen LogP contribution in [0.5, 0.6) is 0 Å². The van der Waals surface area contributed by atoms with Gasteiger partial charge in [-0.05, 0) is 19.9 Å². The predicted octanol–water partition coefficient (Wildman–Crippen LogP) is 2.09. The average molecular weight is 271 g/mol. The van der Waals surface area contributed by atoms with Crippen LogP contribution in [0.25, 0.3) is 0 Å². The third kappa shape index (κ3) is 2.72. The molecule has 98 valence electrons. The SMILES string of the molecule is CC1(C)OCC(=O)[C@H]([C@@H](O)c2ccccc2Cl)O1. The second-order valence-electron chi connectivity index (χ2n) is 4.66. The molecule has 1 fully saturated rings. The first-order valence-corrected chi connectivity index (χ1v) is 6.05. The van der Waals surface area contributed by atoms with Gasteiger partial charge in [0.05, 0.1) is 0 Å². The van der Waals surface area contributed by atoms with Crippen LogP contribution in [0.1, 0.15) is 25.5 Å². The molecule has 0 bridgehead atoms. The van der Waals surface area contributed by atoms with Crippen molar-refractivity contribution in [1.29, 1.82) is 0 Å². The highest BCUT2D eigenvalue weighted by Crippen LogP contribution is 2.31. The van der Waals surface area contributed by atoms with E-state index in [0.29, 0.717) is 10.6 Å². The third-order valence-corrected chi connectivity index (χ3v) is 3.14. The van der Waals surface area contributed by atoms with Crippen molar-refractivity contribution in [3.8, 4) is 0 Å². The highest BCUT2D eigenvalue weighted by atomic mass is 35.5. The number of ketones is 1. The van der Waals surface area contributed by atoms with Crippen LogP contribution in [-0.4, -0.2) is 29.4 Å². The number of carbonyl (C=O) groups is 1. The molecular formula is C13H15ClO4. The van der Waals surface area contributed by atoms with Crippen molar-refractivity contribution in [2.75, 3.05) is 6.61 Å². The normalized spacial score (nSPS) is 24.9. The van der Waals surface area contributed by atoms with E-state index in [1.807, 2.05) is 0 Å². The molecule has 18 heavy (non-hydrogen) atoms. The predicted molar refractivity (Wildman–Crippen MR) is 66.3 cm³/mol. The monoisotopic (exact) mass is 270 g/mol. The topological polar surface area (TPSA) is 55.8 Å². The average Bonchev–Trinajstić information content (AvgIpc) is 2.32. The number of carbonyl (C=O) groups excluding carboxylic acids is 1. The summed E-state index contributed by atoms with van der Waals surface area (Å²) in [5, 5.41) is 10.7. The molecule has 1 saturated heterocycles. The van der Waals surface area contributed by atoms with E-state index in [9.17, 15) is 9.90 Å². The Morgan fingerprint density at radius 3 is 2.78 bits per heavy atom. The highest BCUT2D eigenvalue weighted by Gasteiger charge is 2.40. The van der Waals surface area contributed by atoms with Crippen LogP contribution in [0, 0.1) is 0 Å². The van der Waals surface area contributed by atoms with Gasteiger partial charge in [-0.1, -0.05) is 29.8 Å². The number of halogens is 1. The Bertz CT molecular complexity index is 458. The fraction of sp³-hybridized carbons (Fsp3) is 0.462. The Balaban J connectivity index is 2.25. The fourth-order valence-corrected chi connectivity index (χ4v) is 2.10. The van der Waals surface area contributed by atoms with Gasteiger partial charge in [0.15, 0.2) is 17.7 Å². The number of aliphatic hydroxyl groups is 1. The number of benzene rings is 1. The summed E-state index contributed by atoms with van der Waals surface area (Å²) in [6.45, 7) is 3.33. The summed E-state index contributed by atoms with van der Waals surface area (Å²) in [5.41, 5.74) is 0.482. The minimum Gasteiger partial charge on any atom is -0.385 e. The van der Waals surface area contributed by atoms with Gasteiger partial charge in [-0.2, -0.15) is 0 Å². The zero-order chi connectivity index (χ0) is 13.3. The van der Waals surface area contributed by atoms with Gasteiger partial charge in [0.25, 0.3) is 0 Å². The molecule has 2 rings (SSSR count). The minimum atomic E-state index is -1.09. The van der Waals surface area contributed by atoms with Crippen LogP contribution in [0.15, 0.2) is 24.3 Å². The van der Waals surface area contributed by atoms with E-state index < -0.39 is 18.0 Å². The molecule has 0 unspecified atom stereocenters. The summed E-state index contributed by atoms with van der Waals surface area (Å²) >= 11 is 6.00. The van der Waals surface area contributed by atoms with Crippen molar-refractivity contribution in [1.82, 2.24) is 0 Å². The van der Waals surface area contributed by atoms with Crippen LogP contribution in [-0.2, 0) is 14.3 Å². The minimum absolute atomic E-state index is 0.0703. The van der Waals surface area contributed by atoms with Crippen LogP contribution in [0.3, 0.4) is 0 Å². The molecule has 0 spiro atoms. The largest absolute Gasteiger partial charge is 0.385 e. The smallest absolute Gasteiger partial charge is 0.190 e. The lowest BCUT2D eigenvalue weighted by Gasteiger charge is -2.37. The molecule has 4 nitrogen and oxygen atoms in total. The zero-order valence-electron chi connectivity index (χ0n) is 10.2. The number of aliphatic hydroxyl groups excluding tert-OH is 1. The fourth-order valence-electron chi connectivity index (χ4n) is 1.85. The molecule has 1 heterocycles. The van der Waals surface area contributed by atoms with Crippen LogP contribution < -0.4 is 0 Å². The first-order chi connectivity index (χ1) is 8.41. The molecule has 1 aromatic carbocycles. The molecule has 0 aromatic heterocycles. The summed E-state index contributed by atoms with van der Waals surface area (Å²) in [4.78, 5) is 11.8. The second-order valence-corrected chi connectivity index (χ2v) is 5.07. The Labute approximate surface area is 110 Å². The van der Waals surface area contributed by atoms with Crippen molar-refractivity contribution in [2.24, 2.45) is 0 Å². The zero-order valence-corrected chi connectivity index (χ0v) is 11.0. The number of rotatable bonds is 2. The maximum absolute atomic E-state index is 11.8. The molecule has 0 saturated carbocycles. The quantitative estimate of drug-likeness (QED) is 0.894. The lowest BCUT2D eigenvalue weighted by molar-refractivity contribution is -0.271. The van der Waals surface area contributed by atoms with Gasteiger partial charge in [0.2, 0.25) is 0 Å². The van der Waals surface area contributed by atoms with E-state index in [-0.39, 0.29) is 12.4 Å². The van der Waals surface area contributed by atoms with E-state index in [2.05, 4.69) is 0 Å². The van der Waals surface area contributed by atoms with Gasteiger partial charge in [0, 0.05) is 10.6 Å². The van der Waals surface area contributed by atoms with Crippen molar-refractivity contribution in [3.63, 3.8) is 0 Å². The van der Waals surface area contributed by atoms with Crippen molar-refractivity contribution < 1.29 is 19.4 Å². The summed E-state index contributed by atoms with van der Waals surface area (Å²) < 4.78 is 10.7. The highest BCUT2D eigenvalue weighted by molar-refractivity contribution is 6.31. The van der Waals surface area contributed by atoms with E-state index in [1.165, 1.54) is 0 Å². The lowest BCUT2D eigenvalue weighted by atomic mass is 10.00. The number of Topliss-reactive ketones (excluding diaryl/α,β-unsaturated/α-hetero) is 1. The summed E-state index contributed by atoms with van der Waals surface area (Å²) in [7, 11) is 0. The van der Waals surface area contributed by atoms with Gasteiger partial charge in [-0.3, -0.25) is 4.79 Å². The Kier molecular flexibility index (Phi) is 3.73. The number of ether oxygens (including phenoxy) is 2. The molecule has 2 atom stereocenters. The maximum atomic E-state index is 11.8. The summed E-state index contributed by atoms with van der Waals surface area (Å²) in [6, 6.07) is 6.84. The third-order valence-electron chi connectivity index (χ3n) is 2.80. The number of hydrogen-bond donors (Lipinski definition) is 1. The van der Waals surface area contributed by atoms with E-state index in [0.717, 1.165) is 0 Å². The molecule has 1 aromatic rings. The maximum Gasteiger partial charge on any atom is 0.190 e. The second kappa shape index (κ2) is 4.97. The molecule has 0 aliphatic carbocycles. The van der Waals surface area contributed by atoms with E-state index >= 15 is 0 Å². The Morgan fingerprint density at radius 1 is 1.44 bits per heavy atom. The van der Waals surface area contributed by atoms with Crippen molar-refractivity contribution in [2.45, 2.75) is 31.8 Å². The lowest BCUT2D eigenvalue weighted by Crippen LogP contribution is -2.48. The first-order valence-electron chi connectivity index (χ1n) is 5.68. The van der Waals surface area contributed by atoms with Crippen LogP contribution in [0.4, 0.5) is 0 Å². The molecule has 0 amide bonds. The Hall–Kier alpha value is -0.940. The standard InChI is InChI=1S/C13H15ClO4/c1-13(2)17-7-10(15)12(18-13)11(16)8-5-3-4-6-9(8)14/h3-6,11-12,16H,7H2,1-2H3/t11-,12+/m0/s1. The van der Waals surface area contributed by atoms with Gasteiger partial charge in [0.1, 0.15) is 12.7 Å². The molecule has 1 aliphatic heterocycles. The van der Waals surface area contributed by atoms with Crippen LogP contribution >= 0.6 is 11.6 Å². The van der Waals surface area contributed by atoms with Gasteiger partial charge >= 0.3 is 0 Å². The van der Waals surface area contributed by atoms with Crippen LogP contribution in [0.2, 0.25) is 5.02 Å². The van der Waals surface area contributed by atoms with Crippen molar-refractivity contribution >= 4 is 17.4 Å². The van der Waals surface area contributed by atoms with Gasteiger partial charge < -0.3 is 14.6 Å². The van der Waals surface area contributed by atoms with Crippen molar-refractivity contribution in [3.05, 3.63) is 34.9 Å². The van der Waals surface area contributed by atoms with E-state index in [4.69, 9.17) is 21.1 Å². The Morgan fingerprint density at radius 2 is 2.11 bits per heavy atom. The molecular weight excluding hydrogens is 256 g/mol. The van der Waals surface area contributed by atoms with Gasteiger partial charge in [-0.25, -0.2) is 0 Å². The molecule has 1 N–H and O–H groups in total. The van der Waals surface area contributed by atoms with Gasteiger partial charge in [-0.15, -0.1) is 0 Å². The molecule has 5 heteroatoms. The molecule has 1 aliphatic rings.